The Labute approximate surface area is 126 Å². The molecule has 0 aromatic carbocycles. The van der Waals surface area contributed by atoms with Gasteiger partial charge in [-0.3, -0.25) is 9.59 Å². The second-order valence-electron chi connectivity index (χ2n) is 6.42. The van der Waals surface area contributed by atoms with E-state index in [2.05, 4.69) is 0 Å². The molecule has 2 aliphatic rings. The van der Waals surface area contributed by atoms with Gasteiger partial charge >= 0.3 is 11.9 Å². The van der Waals surface area contributed by atoms with Gasteiger partial charge in [0.2, 0.25) is 0 Å². The van der Waals surface area contributed by atoms with E-state index in [1.54, 1.807) is 0 Å². The van der Waals surface area contributed by atoms with Gasteiger partial charge in [0.1, 0.15) is 10.8 Å². The van der Waals surface area contributed by atoms with Crippen LogP contribution in [0.15, 0.2) is 24.3 Å². The van der Waals surface area contributed by atoms with Crippen molar-refractivity contribution in [3.63, 3.8) is 0 Å². The highest BCUT2D eigenvalue weighted by molar-refractivity contribution is 5.93. The Bertz CT molecular complexity index is 445. The number of carbonyl (C=O) groups is 2. The van der Waals surface area contributed by atoms with E-state index in [9.17, 15) is 9.59 Å². The summed E-state index contributed by atoms with van der Waals surface area (Å²) in [6, 6.07) is 0. The Morgan fingerprint density at radius 1 is 0.857 bits per heavy atom. The van der Waals surface area contributed by atoms with Gasteiger partial charge in [0, 0.05) is 0 Å². The molecule has 1 fully saturated rings. The number of hydrogen-bond acceptors (Lipinski definition) is 4. The van der Waals surface area contributed by atoms with Gasteiger partial charge in [0.05, 0.1) is 12.2 Å². The predicted molar refractivity (Wildman–Crippen MR) is 79.5 cm³/mol. The van der Waals surface area contributed by atoms with Crippen LogP contribution in [0.25, 0.3) is 0 Å². The van der Waals surface area contributed by atoms with Crippen molar-refractivity contribution in [3.8, 4) is 0 Å². The minimum Gasteiger partial charge on any atom is -0.462 e. The third-order valence-corrected chi connectivity index (χ3v) is 4.22. The molecule has 0 amide bonds. The van der Waals surface area contributed by atoms with Gasteiger partial charge in [-0.25, -0.2) is 0 Å². The summed E-state index contributed by atoms with van der Waals surface area (Å²) in [5, 5.41) is 0. The number of esters is 2. The Morgan fingerprint density at radius 2 is 1.24 bits per heavy atom. The average molecular weight is 292 g/mol. The molecule has 4 nitrogen and oxygen atoms in total. The van der Waals surface area contributed by atoms with Crippen molar-refractivity contribution in [3.05, 3.63) is 24.3 Å². The van der Waals surface area contributed by atoms with Gasteiger partial charge in [-0.1, -0.05) is 30.7 Å². The SMILES string of the molecule is CC(C)OC(=O)C12C=CC=CC1(C(=O)OC(C)C)CCC2. The molecule has 2 rings (SSSR count). The topological polar surface area (TPSA) is 52.6 Å². The maximum absolute atomic E-state index is 12.7. The predicted octanol–water partition coefficient (Wildman–Crippen LogP) is 3.17. The number of allylic oxidation sites excluding steroid dienone is 2. The van der Waals surface area contributed by atoms with Crippen LogP contribution in [0.5, 0.6) is 0 Å². The highest BCUT2D eigenvalue weighted by Crippen LogP contribution is 2.58. The first kappa shape index (κ1) is 15.8. The van der Waals surface area contributed by atoms with Crippen molar-refractivity contribution in [2.45, 2.75) is 59.2 Å². The van der Waals surface area contributed by atoms with Gasteiger partial charge in [-0.05, 0) is 40.5 Å². The highest BCUT2D eigenvalue weighted by atomic mass is 16.6. The summed E-state index contributed by atoms with van der Waals surface area (Å²) in [6.07, 6.45) is 8.94. The third kappa shape index (κ3) is 2.52. The van der Waals surface area contributed by atoms with Crippen LogP contribution in [0.1, 0.15) is 47.0 Å². The molecule has 2 aliphatic carbocycles. The molecule has 0 aromatic heterocycles. The summed E-state index contributed by atoms with van der Waals surface area (Å²) in [5.74, 6) is -0.646. The van der Waals surface area contributed by atoms with Crippen LogP contribution in [0.3, 0.4) is 0 Å². The Balaban J connectivity index is 2.41. The lowest BCUT2D eigenvalue weighted by atomic mass is 9.63. The maximum atomic E-state index is 12.7. The molecule has 2 atom stereocenters. The highest BCUT2D eigenvalue weighted by Gasteiger charge is 2.63. The van der Waals surface area contributed by atoms with Crippen molar-refractivity contribution in [1.82, 2.24) is 0 Å². The molecule has 4 heteroatoms. The monoisotopic (exact) mass is 292 g/mol. The largest absolute Gasteiger partial charge is 0.462 e. The summed E-state index contributed by atoms with van der Waals surface area (Å²) < 4.78 is 10.9. The molecule has 21 heavy (non-hydrogen) atoms. The van der Waals surface area contributed by atoms with Crippen LogP contribution in [0.2, 0.25) is 0 Å². The lowest BCUT2D eigenvalue weighted by molar-refractivity contribution is -0.174. The molecule has 2 unspecified atom stereocenters. The second-order valence-corrected chi connectivity index (χ2v) is 6.42. The second kappa shape index (κ2) is 5.66. The lowest BCUT2D eigenvalue weighted by Gasteiger charge is -2.40. The minimum absolute atomic E-state index is 0.203. The van der Waals surface area contributed by atoms with Crippen LogP contribution >= 0.6 is 0 Å². The standard InChI is InChI=1S/C17H24O4/c1-12(2)20-14(18)16-8-5-6-9-17(16,11-7-10-16)15(19)21-13(3)4/h5-6,8-9,12-13H,7,10-11H2,1-4H3. The zero-order valence-corrected chi connectivity index (χ0v) is 13.2. The third-order valence-electron chi connectivity index (χ3n) is 4.22. The number of ether oxygens (including phenoxy) is 2. The molecule has 0 aromatic rings. The number of rotatable bonds is 4. The first-order valence-electron chi connectivity index (χ1n) is 7.63. The smallest absolute Gasteiger partial charge is 0.317 e. The van der Waals surface area contributed by atoms with E-state index < -0.39 is 10.8 Å². The van der Waals surface area contributed by atoms with Crippen LogP contribution < -0.4 is 0 Å². The van der Waals surface area contributed by atoms with Gasteiger partial charge in [-0.2, -0.15) is 0 Å². The quantitative estimate of drug-likeness (QED) is 0.747. The fourth-order valence-electron chi connectivity index (χ4n) is 3.34. The molecule has 0 spiro atoms. The van der Waals surface area contributed by atoms with E-state index in [1.807, 2.05) is 52.0 Å². The number of carbonyl (C=O) groups excluding carboxylic acids is 2. The molecule has 0 bridgehead atoms. The Morgan fingerprint density at radius 3 is 1.57 bits per heavy atom. The minimum atomic E-state index is -0.919. The molecule has 0 heterocycles. The van der Waals surface area contributed by atoms with E-state index >= 15 is 0 Å². The average Bonchev–Trinajstić information content (AvgIpc) is 2.78. The van der Waals surface area contributed by atoms with Crippen molar-refractivity contribution < 1.29 is 19.1 Å². The summed E-state index contributed by atoms with van der Waals surface area (Å²) in [6.45, 7) is 7.28. The molecular formula is C17H24O4. The maximum Gasteiger partial charge on any atom is 0.317 e. The molecule has 0 radical (unpaired) electrons. The lowest BCUT2D eigenvalue weighted by Crippen LogP contribution is -2.50. The molecule has 0 aliphatic heterocycles. The summed E-state index contributed by atoms with van der Waals surface area (Å²) in [5.41, 5.74) is -1.84. The van der Waals surface area contributed by atoms with Crippen molar-refractivity contribution >= 4 is 11.9 Å². The van der Waals surface area contributed by atoms with Gasteiger partial charge in [0.25, 0.3) is 0 Å². The van der Waals surface area contributed by atoms with Crippen LogP contribution in [0, 0.1) is 10.8 Å². The molecular weight excluding hydrogens is 268 g/mol. The Hall–Kier alpha value is -1.58. The van der Waals surface area contributed by atoms with Gasteiger partial charge in [-0.15, -0.1) is 0 Å². The fraction of sp³-hybridized carbons (Fsp3) is 0.647. The Kier molecular flexibility index (Phi) is 4.26. The van der Waals surface area contributed by atoms with Gasteiger partial charge in [0.15, 0.2) is 0 Å². The zero-order chi connectivity index (χ0) is 15.7. The summed E-state index contributed by atoms with van der Waals surface area (Å²) in [7, 11) is 0. The first-order chi connectivity index (χ1) is 9.84. The molecule has 116 valence electrons. The number of hydrogen-bond donors (Lipinski definition) is 0. The van der Waals surface area contributed by atoms with E-state index in [1.165, 1.54) is 0 Å². The number of fused-ring (bicyclic) bond motifs is 1. The normalized spacial score (nSPS) is 30.6. The van der Waals surface area contributed by atoms with E-state index in [4.69, 9.17) is 9.47 Å². The van der Waals surface area contributed by atoms with E-state index in [0.717, 1.165) is 6.42 Å². The molecule has 0 saturated heterocycles. The van der Waals surface area contributed by atoms with Crippen molar-refractivity contribution in [2.75, 3.05) is 0 Å². The van der Waals surface area contributed by atoms with E-state index in [-0.39, 0.29) is 24.1 Å². The summed E-state index contributed by atoms with van der Waals surface area (Å²) in [4.78, 5) is 25.4. The van der Waals surface area contributed by atoms with Crippen LogP contribution in [-0.2, 0) is 19.1 Å². The summed E-state index contributed by atoms with van der Waals surface area (Å²) >= 11 is 0. The fourth-order valence-corrected chi connectivity index (χ4v) is 3.34. The van der Waals surface area contributed by atoms with Gasteiger partial charge < -0.3 is 9.47 Å². The molecule has 1 saturated carbocycles. The van der Waals surface area contributed by atoms with Crippen molar-refractivity contribution in [1.29, 1.82) is 0 Å². The van der Waals surface area contributed by atoms with E-state index in [0.29, 0.717) is 12.8 Å². The van der Waals surface area contributed by atoms with Crippen LogP contribution in [-0.4, -0.2) is 24.1 Å². The van der Waals surface area contributed by atoms with Crippen LogP contribution in [0.4, 0.5) is 0 Å². The van der Waals surface area contributed by atoms with Crippen molar-refractivity contribution in [2.24, 2.45) is 10.8 Å². The first-order valence-corrected chi connectivity index (χ1v) is 7.63. The molecule has 0 N–H and O–H groups in total. The zero-order valence-electron chi connectivity index (χ0n) is 13.2.